The van der Waals surface area contributed by atoms with Gasteiger partial charge in [-0.3, -0.25) is 9.69 Å². The van der Waals surface area contributed by atoms with Gasteiger partial charge in [0.1, 0.15) is 18.2 Å². The summed E-state index contributed by atoms with van der Waals surface area (Å²) in [4.78, 5) is 16.2. The van der Waals surface area contributed by atoms with E-state index < -0.39 is 5.82 Å². The van der Waals surface area contributed by atoms with E-state index in [2.05, 4.69) is 9.80 Å². The zero-order chi connectivity index (χ0) is 18.5. The molecule has 3 rings (SSSR count). The minimum atomic E-state index is -0.453. The summed E-state index contributed by atoms with van der Waals surface area (Å²) in [6.07, 6.45) is 0. The summed E-state index contributed by atoms with van der Waals surface area (Å²) in [7, 11) is 0. The van der Waals surface area contributed by atoms with Crippen LogP contribution in [0.4, 0.5) is 10.1 Å². The number of ether oxygens (including phenoxy) is 1. The van der Waals surface area contributed by atoms with Crippen LogP contribution in [0.1, 0.15) is 17.3 Å². The molecule has 0 saturated carbocycles. The highest BCUT2D eigenvalue weighted by Crippen LogP contribution is 2.25. The summed E-state index contributed by atoms with van der Waals surface area (Å²) in [6.45, 7) is 5.92. The Morgan fingerprint density at radius 1 is 1.12 bits per heavy atom. The SMILES string of the molecule is CC(=O)c1c(F)cccc1N1CCN(CCOc2ccccc2Cl)CC1. The largest absolute Gasteiger partial charge is 0.491 e. The fraction of sp³-hybridized carbons (Fsp3) is 0.350. The van der Waals surface area contributed by atoms with E-state index in [1.54, 1.807) is 12.1 Å². The lowest BCUT2D eigenvalue weighted by Crippen LogP contribution is -2.48. The van der Waals surface area contributed by atoms with Crippen molar-refractivity contribution < 1.29 is 13.9 Å². The monoisotopic (exact) mass is 376 g/mol. The van der Waals surface area contributed by atoms with Crippen molar-refractivity contribution in [1.82, 2.24) is 4.90 Å². The van der Waals surface area contributed by atoms with Crippen LogP contribution in [0.2, 0.25) is 5.02 Å². The lowest BCUT2D eigenvalue weighted by Gasteiger charge is -2.36. The van der Waals surface area contributed by atoms with E-state index in [0.29, 0.717) is 23.1 Å². The number of piperazine rings is 1. The van der Waals surface area contributed by atoms with Crippen LogP contribution in [0.25, 0.3) is 0 Å². The van der Waals surface area contributed by atoms with E-state index in [0.717, 1.165) is 32.7 Å². The van der Waals surface area contributed by atoms with Crippen molar-refractivity contribution in [1.29, 1.82) is 0 Å². The second-order valence-corrected chi connectivity index (χ2v) is 6.70. The minimum absolute atomic E-state index is 0.183. The Balaban J connectivity index is 1.53. The molecule has 0 unspecified atom stereocenters. The molecule has 1 saturated heterocycles. The summed E-state index contributed by atoms with van der Waals surface area (Å²) in [6, 6.07) is 12.2. The van der Waals surface area contributed by atoms with E-state index in [1.165, 1.54) is 13.0 Å². The molecule has 0 radical (unpaired) electrons. The maximum absolute atomic E-state index is 14.0. The smallest absolute Gasteiger partial charge is 0.164 e. The molecule has 0 amide bonds. The van der Waals surface area contributed by atoms with Crippen molar-refractivity contribution in [3.05, 3.63) is 58.9 Å². The van der Waals surface area contributed by atoms with Crippen LogP contribution in [0.3, 0.4) is 0 Å². The van der Waals surface area contributed by atoms with Crippen molar-refractivity contribution >= 4 is 23.1 Å². The number of ketones is 1. The predicted molar refractivity (Wildman–Crippen MR) is 102 cm³/mol. The molecule has 2 aromatic carbocycles. The molecule has 1 aliphatic rings. The summed E-state index contributed by atoms with van der Waals surface area (Å²) in [5, 5.41) is 0.611. The van der Waals surface area contributed by atoms with Gasteiger partial charge in [-0.25, -0.2) is 4.39 Å². The van der Waals surface area contributed by atoms with Crippen LogP contribution in [-0.2, 0) is 0 Å². The Labute approximate surface area is 158 Å². The number of hydrogen-bond donors (Lipinski definition) is 0. The molecule has 0 spiro atoms. The van der Waals surface area contributed by atoms with Crippen LogP contribution in [0.5, 0.6) is 5.75 Å². The summed E-state index contributed by atoms with van der Waals surface area (Å²) in [5.41, 5.74) is 0.868. The lowest BCUT2D eigenvalue weighted by molar-refractivity contribution is 0.101. The number of carbonyl (C=O) groups is 1. The number of hydrogen-bond acceptors (Lipinski definition) is 4. The third kappa shape index (κ3) is 4.34. The fourth-order valence-electron chi connectivity index (χ4n) is 3.18. The number of para-hydroxylation sites is 1. The molecule has 2 aromatic rings. The number of anilines is 1. The summed E-state index contributed by atoms with van der Waals surface area (Å²) >= 11 is 6.08. The van der Waals surface area contributed by atoms with Gasteiger partial charge in [0.2, 0.25) is 0 Å². The normalized spacial score (nSPS) is 15.1. The van der Waals surface area contributed by atoms with Gasteiger partial charge in [0, 0.05) is 32.7 Å². The first-order valence-electron chi connectivity index (χ1n) is 8.70. The summed E-state index contributed by atoms with van der Waals surface area (Å²) < 4.78 is 19.7. The molecule has 0 N–H and O–H groups in total. The van der Waals surface area contributed by atoms with Gasteiger partial charge in [-0.2, -0.15) is 0 Å². The average Bonchev–Trinajstić information content (AvgIpc) is 2.63. The Kier molecular flexibility index (Phi) is 6.12. The Morgan fingerprint density at radius 3 is 2.54 bits per heavy atom. The topological polar surface area (TPSA) is 32.8 Å². The number of halogens is 2. The maximum Gasteiger partial charge on any atom is 0.164 e. The van der Waals surface area contributed by atoms with Crippen LogP contribution in [-0.4, -0.2) is 50.0 Å². The molecule has 0 aliphatic carbocycles. The third-order valence-electron chi connectivity index (χ3n) is 4.56. The number of carbonyl (C=O) groups excluding carboxylic acids is 1. The number of Topliss-reactive ketones (excluding diaryl/α,β-unsaturated/α-hetero) is 1. The number of rotatable bonds is 6. The van der Waals surface area contributed by atoms with Crippen molar-refractivity contribution in [3.8, 4) is 5.75 Å². The molecule has 4 nitrogen and oxygen atoms in total. The van der Waals surface area contributed by atoms with E-state index in [1.807, 2.05) is 24.3 Å². The van der Waals surface area contributed by atoms with Crippen molar-refractivity contribution in [3.63, 3.8) is 0 Å². The number of nitrogens with zero attached hydrogens (tertiary/aromatic N) is 2. The molecule has 1 aliphatic heterocycles. The highest BCUT2D eigenvalue weighted by Gasteiger charge is 2.22. The van der Waals surface area contributed by atoms with E-state index >= 15 is 0 Å². The molecule has 6 heteroatoms. The van der Waals surface area contributed by atoms with Gasteiger partial charge < -0.3 is 9.64 Å². The molecule has 0 atom stereocenters. The van der Waals surface area contributed by atoms with Crippen LogP contribution >= 0.6 is 11.6 Å². The van der Waals surface area contributed by atoms with Gasteiger partial charge in [0.25, 0.3) is 0 Å². The number of benzene rings is 2. The van der Waals surface area contributed by atoms with Gasteiger partial charge in [-0.1, -0.05) is 29.8 Å². The molecular formula is C20H22ClFN2O2. The molecular weight excluding hydrogens is 355 g/mol. The van der Waals surface area contributed by atoms with Gasteiger partial charge >= 0.3 is 0 Å². The van der Waals surface area contributed by atoms with Gasteiger partial charge in [0.15, 0.2) is 5.78 Å². The van der Waals surface area contributed by atoms with E-state index in [4.69, 9.17) is 16.3 Å². The zero-order valence-corrected chi connectivity index (χ0v) is 15.5. The lowest BCUT2D eigenvalue weighted by atomic mass is 10.1. The quantitative estimate of drug-likeness (QED) is 0.716. The van der Waals surface area contributed by atoms with E-state index in [-0.39, 0.29) is 11.3 Å². The van der Waals surface area contributed by atoms with Crippen molar-refractivity contribution in [2.45, 2.75) is 6.92 Å². The third-order valence-corrected chi connectivity index (χ3v) is 4.87. The molecule has 1 heterocycles. The Hall–Kier alpha value is -2.11. The average molecular weight is 377 g/mol. The predicted octanol–water partition coefficient (Wildman–Crippen LogP) is 3.88. The van der Waals surface area contributed by atoms with Gasteiger partial charge in [-0.15, -0.1) is 0 Å². The highest BCUT2D eigenvalue weighted by molar-refractivity contribution is 6.32. The second-order valence-electron chi connectivity index (χ2n) is 6.30. The minimum Gasteiger partial charge on any atom is -0.491 e. The van der Waals surface area contributed by atoms with Gasteiger partial charge in [-0.05, 0) is 31.2 Å². The van der Waals surface area contributed by atoms with Crippen molar-refractivity contribution in [2.75, 3.05) is 44.2 Å². The van der Waals surface area contributed by atoms with Crippen molar-refractivity contribution in [2.24, 2.45) is 0 Å². The molecule has 1 fully saturated rings. The second kappa shape index (κ2) is 8.52. The summed E-state index contributed by atoms with van der Waals surface area (Å²) in [5.74, 6) is -0.00194. The first kappa shape index (κ1) is 18.7. The highest BCUT2D eigenvalue weighted by atomic mass is 35.5. The van der Waals surface area contributed by atoms with Crippen LogP contribution in [0, 0.1) is 5.82 Å². The Morgan fingerprint density at radius 2 is 1.85 bits per heavy atom. The van der Waals surface area contributed by atoms with Gasteiger partial charge in [0.05, 0.1) is 16.3 Å². The first-order chi connectivity index (χ1) is 12.6. The van der Waals surface area contributed by atoms with E-state index in [9.17, 15) is 9.18 Å². The zero-order valence-electron chi connectivity index (χ0n) is 14.8. The molecule has 26 heavy (non-hydrogen) atoms. The molecule has 138 valence electrons. The van der Waals surface area contributed by atoms with Crippen LogP contribution in [0.15, 0.2) is 42.5 Å². The van der Waals surface area contributed by atoms with Crippen LogP contribution < -0.4 is 9.64 Å². The fourth-order valence-corrected chi connectivity index (χ4v) is 3.37. The Bertz CT molecular complexity index is 776. The molecule has 0 aromatic heterocycles. The first-order valence-corrected chi connectivity index (χ1v) is 9.08. The maximum atomic E-state index is 14.0. The molecule has 0 bridgehead atoms. The standard InChI is InChI=1S/C20H22ClFN2O2/c1-15(25)20-17(22)6-4-7-18(20)24-11-9-23(10-12-24)13-14-26-19-8-3-2-5-16(19)21/h2-8H,9-14H2,1H3.